The second kappa shape index (κ2) is 9.27. The van der Waals surface area contributed by atoms with Gasteiger partial charge in [-0.3, -0.25) is 4.79 Å². The molecule has 1 atom stereocenters. The highest BCUT2D eigenvalue weighted by atomic mass is 16.6. The van der Waals surface area contributed by atoms with Gasteiger partial charge in [-0.2, -0.15) is 0 Å². The van der Waals surface area contributed by atoms with Gasteiger partial charge in [0.25, 0.3) is 5.91 Å². The molecule has 0 aliphatic carbocycles. The molecule has 0 aromatic heterocycles. The molecule has 1 aliphatic heterocycles. The molecule has 0 spiro atoms. The number of amides is 2. The van der Waals surface area contributed by atoms with Crippen LogP contribution in [0.3, 0.4) is 0 Å². The van der Waals surface area contributed by atoms with E-state index >= 15 is 0 Å². The summed E-state index contributed by atoms with van der Waals surface area (Å²) in [5.41, 5.74) is 1.23. The number of hydrogen-bond acceptors (Lipinski definition) is 4. The van der Waals surface area contributed by atoms with Crippen LogP contribution >= 0.6 is 0 Å². The van der Waals surface area contributed by atoms with Gasteiger partial charge < -0.3 is 19.3 Å². The maximum atomic E-state index is 12.6. The number of nitrogens with zero attached hydrogens (tertiary/aromatic N) is 2. The zero-order chi connectivity index (χ0) is 19.1. The molecule has 1 heterocycles. The highest BCUT2D eigenvalue weighted by Crippen LogP contribution is 2.20. The van der Waals surface area contributed by atoms with Gasteiger partial charge in [0.2, 0.25) is 0 Å². The van der Waals surface area contributed by atoms with Crippen molar-refractivity contribution in [3.8, 4) is 5.75 Å². The Bertz CT molecular complexity index is 619. The topological polar surface area (TPSA) is 59.1 Å². The van der Waals surface area contributed by atoms with Crippen molar-refractivity contribution in [2.45, 2.75) is 32.8 Å². The van der Waals surface area contributed by atoms with Gasteiger partial charge in [0.15, 0.2) is 6.10 Å². The molecule has 2 amide bonds. The second-order valence-electron chi connectivity index (χ2n) is 6.66. The van der Waals surface area contributed by atoms with Crippen molar-refractivity contribution in [1.82, 2.24) is 9.80 Å². The molecular weight excluding hydrogens is 332 g/mol. The Hall–Kier alpha value is -2.50. The minimum Gasteiger partial charge on any atom is -0.481 e. The Balaban J connectivity index is 1.83. The minimum atomic E-state index is -0.570. The lowest BCUT2D eigenvalue weighted by Gasteiger charge is -2.35. The van der Waals surface area contributed by atoms with E-state index in [1.807, 2.05) is 24.3 Å². The molecule has 1 aliphatic rings. The van der Waals surface area contributed by atoms with Crippen LogP contribution in [0.15, 0.2) is 36.9 Å². The van der Waals surface area contributed by atoms with Crippen LogP contribution in [0.5, 0.6) is 5.75 Å². The molecule has 1 aromatic carbocycles. The first-order valence-corrected chi connectivity index (χ1v) is 9.00. The van der Waals surface area contributed by atoms with Crippen LogP contribution in [0, 0.1) is 0 Å². The Morgan fingerprint density at radius 3 is 2.19 bits per heavy atom. The Morgan fingerprint density at radius 2 is 1.65 bits per heavy atom. The van der Waals surface area contributed by atoms with Crippen molar-refractivity contribution in [2.24, 2.45) is 0 Å². The molecular formula is C20H28N2O4. The van der Waals surface area contributed by atoms with Crippen LogP contribution in [-0.4, -0.2) is 60.7 Å². The van der Waals surface area contributed by atoms with Gasteiger partial charge in [0.1, 0.15) is 12.4 Å². The molecule has 2 rings (SSSR count). The van der Waals surface area contributed by atoms with E-state index in [0.29, 0.717) is 37.8 Å². The third-order valence-corrected chi connectivity index (χ3v) is 4.38. The summed E-state index contributed by atoms with van der Waals surface area (Å²) in [4.78, 5) is 27.7. The smallest absolute Gasteiger partial charge is 0.410 e. The maximum absolute atomic E-state index is 12.6. The quantitative estimate of drug-likeness (QED) is 0.732. The van der Waals surface area contributed by atoms with Gasteiger partial charge in [-0.25, -0.2) is 4.79 Å². The molecule has 0 N–H and O–H groups in total. The summed E-state index contributed by atoms with van der Waals surface area (Å²) in [5.74, 6) is 1.07. The van der Waals surface area contributed by atoms with E-state index in [4.69, 9.17) is 9.47 Å². The van der Waals surface area contributed by atoms with E-state index in [1.165, 1.54) is 11.6 Å². The number of benzene rings is 1. The standard InChI is InChI=1S/C20H28N2O4/c1-5-14-25-20(24)22-12-10-21(11-13-22)19(23)16(4)26-18-8-6-17(7-9-18)15(2)3/h5-9,15-16H,1,10-14H2,2-4H3. The van der Waals surface area contributed by atoms with Crippen LogP contribution < -0.4 is 4.74 Å². The number of carbonyl (C=O) groups is 2. The average Bonchev–Trinajstić information content (AvgIpc) is 2.66. The zero-order valence-corrected chi connectivity index (χ0v) is 15.8. The van der Waals surface area contributed by atoms with Gasteiger partial charge in [-0.15, -0.1) is 0 Å². The highest BCUT2D eigenvalue weighted by molar-refractivity contribution is 5.81. The predicted molar refractivity (Wildman–Crippen MR) is 100 cm³/mol. The van der Waals surface area contributed by atoms with Gasteiger partial charge in [0.05, 0.1) is 0 Å². The summed E-state index contributed by atoms with van der Waals surface area (Å²) >= 11 is 0. The maximum Gasteiger partial charge on any atom is 0.410 e. The lowest BCUT2D eigenvalue weighted by atomic mass is 10.0. The summed E-state index contributed by atoms with van der Waals surface area (Å²) in [6.45, 7) is 11.6. The summed E-state index contributed by atoms with van der Waals surface area (Å²) in [5, 5.41) is 0. The molecule has 142 valence electrons. The fourth-order valence-corrected chi connectivity index (χ4v) is 2.77. The van der Waals surface area contributed by atoms with Crippen molar-refractivity contribution in [2.75, 3.05) is 32.8 Å². The summed E-state index contributed by atoms with van der Waals surface area (Å²) < 4.78 is 10.8. The number of carbonyl (C=O) groups excluding carboxylic acids is 2. The highest BCUT2D eigenvalue weighted by Gasteiger charge is 2.28. The predicted octanol–water partition coefficient (Wildman–Crippen LogP) is 3.04. The lowest BCUT2D eigenvalue weighted by molar-refractivity contribution is -0.139. The molecule has 0 bridgehead atoms. The molecule has 26 heavy (non-hydrogen) atoms. The van der Waals surface area contributed by atoms with Gasteiger partial charge in [0, 0.05) is 26.2 Å². The molecule has 1 unspecified atom stereocenters. The van der Waals surface area contributed by atoms with Crippen molar-refractivity contribution in [3.63, 3.8) is 0 Å². The molecule has 1 saturated heterocycles. The summed E-state index contributed by atoms with van der Waals surface area (Å²) in [7, 11) is 0. The molecule has 1 fully saturated rings. The van der Waals surface area contributed by atoms with Gasteiger partial charge in [-0.05, 0) is 30.5 Å². The summed E-state index contributed by atoms with van der Waals surface area (Å²) in [6, 6.07) is 7.83. The Morgan fingerprint density at radius 1 is 1.08 bits per heavy atom. The van der Waals surface area contributed by atoms with Crippen LogP contribution in [-0.2, 0) is 9.53 Å². The minimum absolute atomic E-state index is 0.0722. The average molecular weight is 360 g/mol. The molecule has 6 nitrogen and oxygen atoms in total. The largest absolute Gasteiger partial charge is 0.481 e. The third kappa shape index (κ3) is 5.25. The first-order chi connectivity index (χ1) is 12.4. The fourth-order valence-electron chi connectivity index (χ4n) is 2.77. The zero-order valence-electron chi connectivity index (χ0n) is 15.8. The number of ether oxygens (including phenoxy) is 2. The summed E-state index contributed by atoms with van der Waals surface area (Å²) in [6.07, 6.45) is 0.593. The first kappa shape index (κ1) is 19.8. The monoisotopic (exact) mass is 360 g/mol. The van der Waals surface area contributed by atoms with Gasteiger partial charge >= 0.3 is 6.09 Å². The first-order valence-electron chi connectivity index (χ1n) is 9.00. The fraction of sp³-hybridized carbons (Fsp3) is 0.500. The van der Waals surface area contributed by atoms with E-state index in [2.05, 4.69) is 20.4 Å². The number of rotatable bonds is 6. The molecule has 0 saturated carbocycles. The van der Waals surface area contributed by atoms with E-state index in [9.17, 15) is 9.59 Å². The van der Waals surface area contributed by atoms with Crippen LogP contribution in [0.1, 0.15) is 32.3 Å². The van der Waals surface area contributed by atoms with Crippen molar-refractivity contribution < 1.29 is 19.1 Å². The normalized spacial score (nSPS) is 15.5. The Labute approximate surface area is 155 Å². The van der Waals surface area contributed by atoms with Crippen LogP contribution in [0.25, 0.3) is 0 Å². The van der Waals surface area contributed by atoms with Crippen molar-refractivity contribution >= 4 is 12.0 Å². The number of piperazine rings is 1. The van der Waals surface area contributed by atoms with Crippen LogP contribution in [0.2, 0.25) is 0 Å². The second-order valence-corrected chi connectivity index (χ2v) is 6.66. The van der Waals surface area contributed by atoms with E-state index in [1.54, 1.807) is 16.7 Å². The number of hydrogen-bond donors (Lipinski definition) is 0. The van der Waals surface area contributed by atoms with E-state index in [-0.39, 0.29) is 18.6 Å². The lowest BCUT2D eigenvalue weighted by Crippen LogP contribution is -2.53. The van der Waals surface area contributed by atoms with Crippen molar-refractivity contribution in [1.29, 1.82) is 0 Å². The molecule has 6 heteroatoms. The SMILES string of the molecule is C=CCOC(=O)N1CCN(C(=O)C(C)Oc2ccc(C(C)C)cc2)CC1. The van der Waals surface area contributed by atoms with E-state index < -0.39 is 6.10 Å². The Kier molecular flexibility index (Phi) is 7.06. The van der Waals surface area contributed by atoms with Crippen molar-refractivity contribution in [3.05, 3.63) is 42.5 Å². The molecule has 1 aromatic rings. The van der Waals surface area contributed by atoms with Gasteiger partial charge in [-0.1, -0.05) is 38.6 Å². The third-order valence-electron chi connectivity index (χ3n) is 4.38. The molecule has 0 radical (unpaired) electrons. The van der Waals surface area contributed by atoms with Crippen LogP contribution in [0.4, 0.5) is 4.79 Å². The van der Waals surface area contributed by atoms with E-state index in [0.717, 1.165) is 0 Å².